The van der Waals surface area contributed by atoms with Gasteiger partial charge in [0.25, 0.3) is 10.0 Å². The minimum Gasteiger partial charge on any atom is -0.486 e. The van der Waals surface area contributed by atoms with Crippen molar-refractivity contribution in [1.82, 2.24) is 4.98 Å². The summed E-state index contributed by atoms with van der Waals surface area (Å²) < 4.78 is 119. The van der Waals surface area contributed by atoms with Crippen LogP contribution in [0, 0.1) is 0 Å². The van der Waals surface area contributed by atoms with Crippen molar-refractivity contribution < 1.29 is 49.0 Å². The van der Waals surface area contributed by atoms with Crippen LogP contribution in [-0.2, 0) is 31.9 Å². The number of fused-ring (bicyclic) bond motifs is 1. The van der Waals surface area contributed by atoms with E-state index in [2.05, 4.69) is 9.72 Å². The lowest BCUT2D eigenvalue weighted by Gasteiger charge is -2.35. The fraction of sp³-hybridized carbons (Fsp3) is 0.259. The Balaban J connectivity index is 1.75. The third-order valence-corrected chi connectivity index (χ3v) is 7.90. The van der Waals surface area contributed by atoms with Crippen LogP contribution in [0.3, 0.4) is 0 Å². The zero-order valence-electron chi connectivity index (χ0n) is 21.2. The third-order valence-electron chi connectivity index (χ3n) is 6.13. The lowest BCUT2D eigenvalue weighted by atomic mass is 10.1. The molecule has 0 radical (unpaired) electrons. The molecule has 3 aromatic rings. The number of rotatable bonds is 7. The number of ether oxygens (including phenoxy) is 2. The van der Waals surface area contributed by atoms with E-state index >= 15 is 0 Å². The van der Waals surface area contributed by atoms with Crippen LogP contribution < -0.4 is 9.04 Å². The number of carbonyl (C=O) groups is 1. The van der Waals surface area contributed by atoms with Gasteiger partial charge in [0.15, 0.2) is 5.69 Å². The molecule has 1 aromatic heterocycles. The van der Waals surface area contributed by atoms with E-state index in [9.17, 15) is 39.6 Å². The first-order valence-electron chi connectivity index (χ1n) is 12.0. The predicted molar refractivity (Wildman–Crippen MR) is 136 cm³/mol. The molecule has 1 aliphatic heterocycles. The molecular formula is C27H22F6N2O5S. The lowest BCUT2D eigenvalue weighted by molar-refractivity contribution is -0.142. The lowest BCUT2D eigenvalue weighted by Crippen LogP contribution is -2.43. The summed E-state index contributed by atoms with van der Waals surface area (Å²) in [6.45, 7) is -0.351. The number of hydrogen-bond acceptors (Lipinski definition) is 6. The smallest absolute Gasteiger partial charge is 0.433 e. The van der Waals surface area contributed by atoms with E-state index in [1.54, 1.807) is 0 Å². The Labute approximate surface area is 231 Å². The highest BCUT2D eigenvalue weighted by Crippen LogP contribution is 2.40. The summed E-state index contributed by atoms with van der Waals surface area (Å²) in [7, 11) is -3.41. The van der Waals surface area contributed by atoms with Crippen molar-refractivity contribution in [3.63, 3.8) is 0 Å². The molecule has 0 spiro atoms. The number of halogens is 6. The molecule has 2 aromatic carbocycles. The van der Waals surface area contributed by atoms with Crippen LogP contribution in [0.15, 0.2) is 65.7 Å². The average molecular weight is 601 g/mol. The second-order valence-electron chi connectivity index (χ2n) is 8.92. The van der Waals surface area contributed by atoms with E-state index in [1.165, 1.54) is 43.5 Å². The molecule has 0 saturated heterocycles. The fourth-order valence-corrected chi connectivity index (χ4v) is 5.67. The topological polar surface area (TPSA) is 85.8 Å². The Morgan fingerprint density at radius 2 is 1.80 bits per heavy atom. The molecule has 0 aliphatic carbocycles. The van der Waals surface area contributed by atoms with E-state index in [-0.39, 0.29) is 42.0 Å². The van der Waals surface area contributed by atoms with Crippen molar-refractivity contribution in [2.45, 2.75) is 36.2 Å². The van der Waals surface area contributed by atoms with Crippen molar-refractivity contribution >= 4 is 33.8 Å². The molecule has 1 unspecified atom stereocenters. The number of hydrogen-bond donors (Lipinski definition) is 0. The minimum absolute atomic E-state index is 0.0406. The molecular weight excluding hydrogens is 578 g/mol. The Morgan fingerprint density at radius 1 is 1.05 bits per heavy atom. The van der Waals surface area contributed by atoms with Gasteiger partial charge in [-0.2, -0.15) is 26.3 Å². The van der Waals surface area contributed by atoms with Gasteiger partial charge in [0, 0.05) is 18.2 Å². The standard InChI is InChI=1S/C27H22F6N2O5S/c1-39-24(36)12-10-20-16-35(41(37,38)21-6-2-5-19(15-21)26(28,29)30)22-14-17(8-11-23(22)40-20)7-9-18-4-3-13-34-25(18)27(31,32)33/h2-9,11,13-15,20H,10,12,16H2,1H3. The fourth-order valence-electron chi connectivity index (χ4n) is 4.13. The van der Waals surface area contributed by atoms with Crippen molar-refractivity contribution in [2.24, 2.45) is 0 Å². The first-order chi connectivity index (χ1) is 19.2. The molecule has 0 amide bonds. The summed E-state index contributed by atoms with van der Waals surface area (Å²) >= 11 is 0. The number of anilines is 1. The summed E-state index contributed by atoms with van der Waals surface area (Å²) in [6, 6.07) is 9.97. The molecule has 0 N–H and O–H groups in total. The van der Waals surface area contributed by atoms with Crippen LogP contribution in [0.25, 0.3) is 12.2 Å². The first-order valence-corrected chi connectivity index (χ1v) is 13.4. The number of esters is 1. The number of nitrogens with zero attached hydrogens (tertiary/aromatic N) is 2. The van der Waals surface area contributed by atoms with Gasteiger partial charge in [0.1, 0.15) is 11.9 Å². The molecule has 0 fully saturated rings. The normalized spacial score (nSPS) is 15.9. The van der Waals surface area contributed by atoms with Crippen LogP contribution in [0.1, 0.15) is 35.2 Å². The quantitative estimate of drug-likeness (QED) is 0.237. The molecule has 7 nitrogen and oxygen atoms in total. The van der Waals surface area contributed by atoms with Gasteiger partial charge in [-0.25, -0.2) is 8.42 Å². The molecule has 1 atom stereocenters. The van der Waals surface area contributed by atoms with Crippen molar-refractivity contribution in [1.29, 1.82) is 0 Å². The highest BCUT2D eigenvalue weighted by Gasteiger charge is 2.37. The highest BCUT2D eigenvalue weighted by atomic mass is 32.2. The second kappa shape index (κ2) is 11.4. The predicted octanol–water partition coefficient (Wildman–Crippen LogP) is 6.20. The summed E-state index contributed by atoms with van der Waals surface area (Å²) in [5.41, 5.74) is -2.27. The maximum atomic E-state index is 13.7. The van der Waals surface area contributed by atoms with Gasteiger partial charge in [-0.1, -0.05) is 30.4 Å². The second-order valence-corrected chi connectivity index (χ2v) is 10.8. The number of pyridine rings is 1. The van der Waals surface area contributed by atoms with E-state index in [0.29, 0.717) is 6.07 Å². The number of alkyl halides is 6. The van der Waals surface area contributed by atoms with Gasteiger partial charge in [-0.05, 0) is 48.4 Å². The number of carbonyl (C=O) groups excluding carboxylic acids is 1. The zero-order chi connectivity index (χ0) is 30.0. The van der Waals surface area contributed by atoms with E-state index in [1.807, 2.05) is 0 Å². The highest BCUT2D eigenvalue weighted by molar-refractivity contribution is 7.92. The molecule has 0 saturated carbocycles. The minimum atomic E-state index is -4.79. The van der Waals surface area contributed by atoms with Crippen LogP contribution in [0.4, 0.5) is 32.0 Å². The van der Waals surface area contributed by atoms with Crippen molar-refractivity contribution in [3.8, 4) is 5.75 Å². The third kappa shape index (κ3) is 6.81. The van der Waals surface area contributed by atoms with Gasteiger partial charge in [0.2, 0.25) is 0 Å². The van der Waals surface area contributed by atoms with Gasteiger partial charge in [-0.15, -0.1) is 0 Å². The molecule has 4 rings (SSSR count). The first kappa shape index (κ1) is 29.9. The number of aromatic nitrogens is 1. The van der Waals surface area contributed by atoms with Crippen LogP contribution in [0.2, 0.25) is 0 Å². The average Bonchev–Trinajstić information content (AvgIpc) is 2.93. The summed E-state index contributed by atoms with van der Waals surface area (Å²) in [5, 5.41) is 0. The molecule has 1 aliphatic rings. The van der Waals surface area contributed by atoms with Gasteiger partial charge in [0.05, 0.1) is 29.8 Å². The largest absolute Gasteiger partial charge is 0.486 e. The Bertz CT molecular complexity index is 1570. The molecule has 0 bridgehead atoms. The van der Waals surface area contributed by atoms with E-state index in [4.69, 9.17) is 4.74 Å². The summed E-state index contributed by atoms with van der Waals surface area (Å²) in [6.07, 6.45) is -6.95. The van der Waals surface area contributed by atoms with Crippen LogP contribution in [0.5, 0.6) is 5.75 Å². The van der Waals surface area contributed by atoms with Crippen LogP contribution in [-0.4, -0.2) is 39.1 Å². The maximum absolute atomic E-state index is 13.7. The number of methoxy groups -OCH3 is 1. The Hall–Kier alpha value is -4.07. The van der Waals surface area contributed by atoms with E-state index in [0.717, 1.165) is 34.8 Å². The van der Waals surface area contributed by atoms with E-state index < -0.39 is 50.6 Å². The monoisotopic (exact) mass is 600 g/mol. The Morgan fingerprint density at radius 3 is 2.49 bits per heavy atom. The SMILES string of the molecule is COC(=O)CCC1CN(S(=O)(=O)c2cccc(C(F)(F)F)c2)c2cc(C=Cc3cccnc3C(F)(F)F)ccc2O1. The zero-order valence-corrected chi connectivity index (χ0v) is 22.1. The van der Waals surface area contributed by atoms with Crippen molar-refractivity contribution in [2.75, 3.05) is 18.0 Å². The van der Waals surface area contributed by atoms with Gasteiger partial charge >= 0.3 is 18.3 Å². The molecule has 14 heteroatoms. The molecule has 2 heterocycles. The van der Waals surface area contributed by atoms with Gasteiger partial charge < -0.3 is 9.47 Å². The van der Waals surface area contributed by atoms with Crippen LogP contribution >= 0.6 is 0 Å². The molecule has 218 valence electrons. The summed E-state index contributed by atoms with van der Waals surface area (Å²) in [4.78, 5) is 14.4. The number of benzene rings is 2. The van der Waals surface area contributed by atoms with Gasteiger partial charge in [-0.3, -0.25) is 14.1 Å². The Kier molecular flexibility index (Phi) is 8.34. The van der Waals surface area contributed by atoms with Crippen molar-refractivity contribution in [3.05, 3.63) is 83.2 Å². The summed E-state index contributed by atoms with van der Waals surface area (Å²) in [5.74, 6) is -0.517. The maximum Gasteiger partial charge on any atom is 0.433 e. The molecule has 41 heavy (non-hydrogen) atoms. The number of sulfonamides is 1.